The Morgan fingerprint density at radius 1 is 1.20 bits per heavy atom. The Bertz CT molecular complexity index is 964. The van der Waals surface area contributed by atoms with Gasteiger partial charge in [-0.25, -0.2) is 4.79 Å². The van der Waals surface area contributed by atoms with E-state index in [1.165, 1.54) is 37.2 Å². The van der Waals surface area contributed by atoms with Gasteiger partial charge in [-0.15, -0.1) is 0 Å². The van der Waals surface area contributed by atoms with E-state index in [4.69, 9.17) is 13.9 Å². The number of non-ortho nitro benzene ring substituents is 1. The Morgan fingerprint density at radius 3 is 2.27 bits per heavy atom. The summed E-state index contributed by atoms with van der Waals surface area (Å²) < 4.78 is 17.0. The molecule has 0 aliphatic carbocycles. The first-order valence-corrected chi connectivity index (χ1v) is 15.8. The fourth-order valence-electron chi connectivity index (χ4n) is 3.76. The molecule has 1 heterocycles. The van der Waals surface area contributed by atoms with Gasteiger partial charge in [-0.3, -0.25) is 10.1 Å². The van der Waals surface area contributed by atoms with Gasteiger partial charge in [-0.1, -0.05) is 31.5 Å². The maximum atomic E-state index is 11.7. The molecule has 0 aromatic heterocycles. The molecular weight excluding hydrogens is 418 g/mol. The Morgan fingerprint density at radius 2 is 1.80 bits per heavy atom. The molecule has 0 saturated heterocycles. The fourth-order valence-corrected chi connectivity index (χ4v) is 14.1. The van der Waals surface area contributed by atoms with Crippen LogP contribution in [0.4, 0.5) is 5.69 Å². The molecule has 7 nitrogen and oxygen atoms in total. The molecule has 0 amide bonds. The van der Waals surface area contributed by atoms with Gasteiger partial charge in [0.05, 0.1) is 25.7 Å². The predicted molar refractivity (Wildman–Crippen MR) is 120 cm³/mol. The number of benzene rings is 1. The Kier molecular flexibility index (Phi) is 6.88. The van der Waals surface area contributed by atoms with Crippen LogP contribution in [0.15, 0.2) is 46.8 Å². The van der Waals surface area contributed by atoms with Crippen molar-refractivity contribution in [3.05, 3.63) is 62.5 Å². The van der Waals surface area contributed by atoms with Gasteiger partial charge in [0, 0.05) is 30.9 Å². The lowest BCUT2D eigenvalue weighted by molar-refractivity contribution is -0.384. The summed E-state index contributed by atoms with van der Waals surface area (Å²) in [7, 11) is -1.38. The summed E-state index contributed by atoms with van der Waals surface area (Å²) in [4.78, 5) is 23.4. The minimum absolute atomic E-state index is 0.00698. The van der Waals surface area contributed by atoms with Gasteiger partial charge in [0.1, 0.15) is 0 Å². The van der Waals surface area contributed by atoms with Crippen molar-refractivity contribution in [1.82, 2.24) is 0 Å². The summed E-state index contributed by atoms with van der Waals surface area (Å²) >= 11 is 0. The molecule has 0 N–H and O–H groups in total. The van der Waals surface area contributed by atoms with Gasteiger partial charge in [0.25, 0.3) is 5.69 Å². The average molecular weight is 446 g/mol. The van der Waals surface area contributed by atoms with Crippen LogP contribution in [0.1, 0.15) is 5.56 Å². The number of methoxy groups -OCH3 is 2. The molecule has 30 heavy (non-hydrogen) atoms. The molecule has 0 spiro atoms. The Labute approximate surface area is 179 Å². The highest BCUT2D eigenvalue weighted by Gasteiger charge is 2.54. The van der Waals surface area contributed by atoms with Crippen molar-refractivity contribution in [2.75, 3.05) is 14.2 Å². The Hall–Kier alpha value is -2.52. The van der Waals surface area contributed by atoms with Crippen molar-refractivity contribution >= 4 is 28.0 Å². The molecule has 1 aliphatic heterocycles. The fraction of sp³-hybridized carbons (Fsp3) is 0.381. The minimum atomic E-state index is -2.35. The first-order valence-electron chi connectivity index (χ1n) is 9.41. The number of carbonyl (C=O) groups is 1. The molecule has 1 atom stereocenters. The normalized spacial score (nSPS) is 20.8. The van der Waals surface area contributed by atoms with E-state index in [2.05, 4.69) is 44.6 Å². The third-order valence-electron chi connectivity index (χ3n) is 4.71. The quantitative estimate of drug-likeness (QED) is 0.170. The smallest absolute Gasteiger partial charge is 0.330 e. The van der Waals surface area contributed by atoms with E-state index in [-0.39, 0.29) is 5.69 Å². The summed E-state index contributed by atoms with van der Waals surface area (Å²) in [6.45, 7) is 10.9. The summed E-state index contributed by atoms with van der Waals surface area (Å²) in [6.07, 6.45) is 2.84. The zero-order valence-corrected chi connectivity index (χ0v) is 20.4. The monoisotopic (exact) mass is 445 g/mol. The molecule has 0 bridgehead atoms. The zero-order chi connectivity index (χ0) is 22.7. The van der Waals surface area contributed by atoms with Crippen LogP contribution in [0.3, 0.4) is 0 Å². The van der Waals surface area contributed by atoms with Gasteiger partial charge in [-0.05, 0) is 36.1 Å². The molecule has 0 fully saturated rings. The number of hydrogen-bond donors (Lipinski definition) is 0. The van der Waals surface area contributed by atoms with Crippen molar-refractivity contribution in [2.24, 2.45) is 0 Å². The molecule has 0 saturated carbocycles. The number of ether oxygens (including phenoxy) is 2. The highest BCUT2D eigenvalue weighted by atomic mass is 28.4. The van der Waals surface area contributed by atoms with E-state index >= 15 is 0 Å². The van der Waals surface area contributed by atoms with Gasteiger partial charge in [0.15, 0.2) is 0 Å². The largest absolute Gasteiger partial charge is 0.466 e. The van der Waals surface area contributed by atoms with Crippen molar-refractivity contribution in [3.8, 4) is 11.8 Å². The number of nitrogens with zero attached hydrogens (tertiary/aromatic N) is 1. The number of carbonyl (C=O) groups excluding carboxylic acids is 1. The van der Waals surface area contributed by atoms with E-state index in [1.807, 2.05) is 0 Å². The van der Waals surface area contributed by atoms with E-state index in [0.29, 0.717) is 11.1 Å². The van der Waals surface area contributed by atoms with Crippen molar-refractivity contribution in [2.45, 2.75) is 38.5 Å². The summed E-state index contributed by atoms with van der Waals surface area (Å²) in [5, 5.41) is 10.9. The number of nitro groups is 1. The molecule has 2 rings (SSSR count). The molecule has 160 valence electrons. The SMILES string of the molecule is COC(=O)/C=C/C1(OC)O[Si](C)(C)C([Si](C)(C)C)=C1C#Cc1ccc([N+](=O)[O-])cc1. The number of hydrogen-bond acceptors (Lipinski definition) is 6. The van der Waals surface area contributed by atoms with Crippen LogP contribution in [0.2, 0.25) is 32.7 Å². The number of rotatable bonds is 5. The zero-order valence-electron chi connectivity index (χ0n) is 18.4. The molecular formula is C21H27NO6Si2. The van der Waals surface area contributed by atoms with E-state index < -0.39 is 33.1 Å². The molecule has 1 aliphatic rings. The van der Waals surface area contributed by atoms with Crippen LogP contribution in [0, 0.1) is 22.0 Å². The van der Waals surface area contributed by atoms with Gasteiger partial charge in [-0.2, -0.15) is 0 Å². The third kappa shape index (κ3) is 4.96. The second-order valence-corrected chi connectivity index (χ2v) is 17.6. The molecule has 1 unspecified atom stereocenters. The van der Waals surface area contributed by atoms with Gasteiger partial charge >= 0.3 is 5.97 Å². The van der Waals surface area contributed by atoms with Crippen LogP contribution in [0.5, 0.6) is 0 Å². The maximum Gasteiger partial charge on any atom is 0.330 e. The topological polar surface area (TPSA) is 87.9 Å². The van der Waals surface area contributed by atoms with Crippen LogP contribution < -0.4 is 0 Å². The Balaban J connectivity index is 2.66. The van der Waals surface area contributed by atoms with Crippen LogP contribution >= 0.6 is 0 Å². The van der Waals surface area contributed by atoms with E-state index in [0.717, 1.165) is 0 Å². The highest BCUT2D eigenvalue weighted by molar-refractivity contribution is 7.03. The molecule has 1 aromatic rings. The van der Waals surface area contributed by atoms with Crippen LogP contribution in [-0.2, 0) is 18.7 Å². The summed E-state index contributed by atoms with van der Waals surface area (Å²) in [6, 6.07) is 6.05. The molecule has 9 heteroatoms. The maximum absolute atomic E-state index is 11.7. The lowest BCUT2D eigenvalue weighted by Crippen LogP contribution is -2.43. The first-order chi connectivity index (χ1) is 13.9. The molecule has 0 radical (unpaired) electrons. The van der Waals surface area contributed by atoms with Crippen molar-refractivity contribution in [1.29, 1.82) is 0 Å². The average Bonchev–Trinajstić information content (AvgIpc) is 2.91. The van der Waals surface area contributed by atoms with Crippen molar-refractivity contribution in [3.63, 3.8) is 0 Å². The molecule has 1 aromatic carbocycles. The highest BCUT2D eigenvalue weighted by Crippen LogP contribution is 2.45. The second kappa shape index (κ2) is 8.69. The van der Waals surface area contributed by atoms with Gasteiger partial charge < -0.3 is 13.9 Å². The van der Waals surface area contributed by atoms with E-state index in [9.17, 15) is 14.9 Å². The minimum Gasteiger partial charge on any atom is -0.466 e. The first kappa shape index (κ1) is 23.8. The predicted octanol–water partition coefficient (Wildman–Crippen LogP) is 3.97. The lowest BCUT2D eigenvalue weighted by Gasteiger charge is -2.30. The lowest BCUT2D eigenvalue weighted by atomic mass is 10.1. The second-order valence-electron chi connectivity index (χ2n) is 8.39. The number of esters is 1. The van der Waals surface area contributed by atoms with Crippen LogP contribution in [0.25, 0.3) is 0 Å². The van der Waals surface area contributed by atoms with Crippen LogP contribution in [-0.4, -0.2) is 47.3 Å². The van der Waals surface area contributed by atoms with E-state index in [1.54, 1.807) is 18.2 Å². The van der Waals surface area contributed by atoms with Gasteiger partial charge in [0.2, 0.25) is 14.1 Å². The summed E-state index contributed by atoms with van der Waals surface area (Å²) in [5.74, 6) is 4.52. The standard InChI is InChI=1S/C21H27NO6Si2/c1-26-19(23)14-15-21(27-2)18(20(29(3,4)5)30(6,7)28-21)13-10-16-8-11-17(12-9-16)22(24)25/h8-9,11-12,14-15H,1-7H3/b15-14+. The summed E-state index contributed by atoms with van der Waals surface area (Å²) in [5.41, 5.74) is 1.35. The van der Waals surface area contributed by atoms with Crippen molar-refractivity contribution < 1.29 is 23.6 Å². The number of nitro benzene ring substituents is 1. The third-order valence-corrected chi connectivity index (χ3v) is 12.8.